The van der Waals surface area contributed by atoms with Gasteiger partial charge in [0, 0.05) is 29.3 Å². The van der Waals surface area contributed by atoms with Crippen LogP contribution in [0.4, 0.5) is 8.78 Å². The van der Waals surface area contributed by atoms with Gasteiger partial charge < -0.3 is 9.53 Å². The Morgan fingerprint density at radius 2 is 1.81 bits per heavy atom. The van der Waals surface area contributed by atoms with E-state index in [0.717, 1.165) is 17.4 Å². The second-order valence-corrected chi connectivity index (χ2v) is 7.39. The minimum Gasteiger partial charge on any atom is -0.489 e. The topological polar surface area (TPSA) is 26.3 Å². The minimum atomic E-state index is -2.77. The Balaban J connectivity index is 1.76. The van der Waals surface area contributed by atoms with Crippen molar-refractivity contribution >= 4 is 35.1 Å². The lowest BCUT2D eigenvalue weighted by molar-refractivity contribution is -0.107. The van der Waals surface area contributed by atoms with Crippen LogP contribution in [0.15, 0.2) is 48.0 Å². The monoisotopic (exact) mass is 410 g/mol. The summed E-state index contributed by atoms with van der Waals surface area (Å²) in [5.74, 6) is -2.27. The Hall–Kier alpha value is -1.91. The normalized spacial score (nSPS) is 15.9. The Bertz CT molecular complexity index is 861. The van der Waals surface area contributed by atoms with Gasteiger partial charge in [-0.05, 0) is 53.0 Å². The number of benzene rings is 2. The van der Waals surface area contributed by atoms with Crippen molar-refractivity contribution in [3.05, 3.63) is 69.2 Å². The second-order valence-electron chi connectivity index (χ2n) is 6.55. The molecule has 0 bridgehead atoms. The fourth-order valence-corrected chi connectivity index (χ4v) is 3.56. The number of ether oxygens (including phenoxy) is 1. The van der Waals surface area contributed by atoms with Gasteiger partial charge in [0.05, 0.1) is 0 Å². The summed E-state index contributed by atoms with van der Waals surface area (Å²) in [5, 5.41) is 1.06. The van der Waals surface area contributed by atoms with Gasteiger partial charge >= 0.3 is 0 Å². The molecule has 0 N–H and O–H groups in total. The van der Waals surface area contributed by atoms with E-state index in [1.165, 1.54) is 0 Å². The molecule has 0 radical (unpaired) electrons. The Labute approximate surface area is 166 Å². The SMILES string of the molecule is O=CCCc1ccc(OCC2=C(c3ccc(Cl)cc3)CC(F)(F)C2)cc1Cl. The van der Waals surface area contributed by atoms with Crippen molar-refractivity contribution in [2.45, 2.75) is 31.6 Å². The van der Waals surface area contributed by atoms with Crippen LogP contribution in [-0.2, 0) is 11.2 Å². The maximum atomic E-state index is 14.0. The van der Waals surface area contributed by atoms with E-state index in [-0.39, 0.29) is 19.4 Å². The van der Waals surface area contributed by atoms with Gasteiger partial charge in [0.15, 0.2) is 0 Å². The summed E-state index contributed by atoms with van der Waals surface area (Å²) in [6, 6.07) is 12.1. The summed E-state index contributed by atoms with van der Waals surface area (Å²) in [6.45, 7) is 0.0670. The maximum Gasteiger partial charge on any atom is 0.255 e. The van der Waals surface area contributed by atoms with Crippen LogP contribution >= 0.6 is 23.2 Å². The highest BCUT2D eigenvalue weighted by Gasteiger charge is 2.39. The molecule has 2 nitrogen and oxygen atoms in total. The largest absolute Gasteiger partial charge is 0.489 e. The molecule has 0 unspecified atom stereocenters. The number of hydrogen-bond acceptors (Lipinski definition) is 2. The van der Waals surface area contributed by atoms with Crippen molar-refractivity contribution in [1.29, 1.82) is 0 Å². The molecule has 0 saturated heterocycles. The van der Waals surface area contributed by atoms with E-state index in [0.29, 0.717) is 39.8 Å². The first kappa shape index (κ1) is 19.8. The smallest absolute Gasteiger partial charge is 0.255 e. The molecular weight excluding hydrogens is 393 g/mol. The molecule has 0 saturated carbocycles. The Kier molecular flexibility index (Phi) is 6.18. The minimum absolute atomic E-state index is 0.0670. The number of rotatable bonds is 7. The Morgan fingerprint density at radius 3 is 2.48 bits per heavy atom. The summed E-state index contributed by atoms with van der Waals surface area (Å²) < 4.78 is 33.7. The fourth-order valence-electron chi connectivity index (χ4n) is 3.17. The van der Waals surface area contributed by atoms with E-state index < -0.39 is 5.92 Å². The van der Waals surface area contributed by atoms with Crippen LogP contribution in [-0.4, -0.2) is 18.8 Å². The first-order chi connectivity index (χ1) is 12.9. The molecule has 1 aliphatic rings. The molecule has 2 aromatic carbocycles. The molecule has 142 valence electrons. The molecule has 0 spiro atoms. The highest BCUT2D eigenvalue weighted by molar-refractivity contribution is 6.31. The number of alkyl halides is 2. The van der Waals surface area contributed by atoms with Crippen LogP contribution in [0.5, 0.6) is 5.75 Å². The summed E-state index contributed by atoms with van der Waals surface area (Å²) in [7, 11) is 0. The van der Waals surface area contributed by atoms with Crippen LogP contribution < -0.4 is 4.74 Å². The maximum absolute atomic E-state index is 14.0. The highest BCUT2D eigenvalue weighted by Crippen LogP contribution is 2.44. The average Bonchev–Trinajstić information content (AvgIpc) is 2.94. The van der Waals surface area contributed by atoms with Crippen LogP contribution in [0.3, 0.4) is 0 Å². The van der Waals surface area contributed by atoms with Gasteiger partial charge in [-0.25, -0.2) is 8.78 Å². The first-order valence-corrected chi connectivity index (χ1v) is 9.33. The van der Waals surface area contributed by atoms with Gasteiger partial charge in [-0.15, -0.1) is 0 Å². The van der Waals surface area contributed by atoms with Crippen molar-refractivity contribution in [1.82, 2.24) is 0 Å². The molecule has 0 amide bonds. The van der Waals surface area contributed by atoms with Crippen molar-refractivity contribution in [2.24, 2.45) is 0 Å². The third-order valence-electron chi connectivity index (χ3n) is 4.50. The van der Waals surface area contributed by atoms with Gasteiger partial charge in [0.2, 0.25) is 0 Å². The predicted octanol–water partition coefficient (Wildman–Crippen LogP) is 6.39. The van der Waals surface area contributed by atoms with Gasteiger partial charge in [-0.1, -0.05) is 41.4 Å². The lowest BCUT2D eigenvalue weighted by Crippen LogP contribution is -2.11. The fraction of sp³-hybridized carbons (Fsp3) is 0.286. The van der Waals surface area contributed by atoms with E-state index in [1.807, 2.05) is 0 Å². The van der Waals surface area contributed by atoms with Crippen LogP contribution in [0.2, 0.25) is 10.0 Å². The molecular formula is C21H18Cl2F2O2. The zero-order chi connectivity index (χ0) is 19.4. The molecule has 2 aromatic rings. The number of halogens is 4. The molecule has 3 rings (SSSR count). The van der Waals surface area contributed by atoms with Gasteiger partial charge in [0.25, 0.3) is 5.92 Å². The summed E-state index contributed by atoms with van der Waals surface area (Å²) in [6.07, 6.45) is 1.16. The van der Waals surface area contributed by atoms with Crippen LogP contribution in [0.25, 0.3) is 5.57 Å². The van der Waals surface area contributed by atoms with E-state index in [4.69, 9.17) is 27.9 Å². The molecule has 0 atom stereocenters. The van der Waals surface area contributed by atoms with Crippen molar-refractivity contribution < 1.29 is 18.3 Å². The van der Waals surface area contributed by atoms with Gasteiger partial charge in [-0.2, -0.15) is 0 Å². The Morgan fingerprint density at radius 1 is 1.07 bits per heavy atom. The molecule has 0 aromatic heterocycles. The molecule has 6 heteroatoms. The van der Waals surface area contributed by atoms with E-state index in [9.17, 15) is 13.6 Å². The van der Waals surface area contributed by atoms with Crippen LogP contribution in [0, 0.1) is 0 Å². The lowest BCUT2D eigenvalue weighted by Gasteiger charge is -2.11. The summed E-state index contributed by atoms with van der Waals surface area (Å²) in [4.78, 5) is 10.5. The van der Waals surface area contributed by atoms with Gasteiger partial charge in [0.1, 0.15) is 18.6 Å². The van der Waals surface area contributed by atoms with Crippen molar-refractivity contribution in [2.75, 3.05) is 6.61 Å². The number of aldehydes is 1. The zero-order valence-electron chi connectivity index (χ0n) is 14.5. The third-order valence-corrected chi connectivity index (χ3v) is 5.10. The summed E-state index contributed by atoms with van der Waals surface area (Å²) >= 11 is 12.1. The van der Waals surface area contributed by atoms with Gasteiger partial charge in [-0.3, -0.25) is 0 Å². The molecule has 0 fully saturated rings. The van der Waals surface area contributed by atoms with Crippen molar-refractivity contribution in [3.63, 3.8) is 0 Å². The molecule has 0 aliphatic heterocycles. The van der Waals surface area contributed by atoms with Crippen LogP contribution in [0.1, 0.15) is 30.4 Å². The van der Waals surface area contributed by atoms with E-state index in [2.05, 4.69) is 0 Å². The molecule has 1 aliphatic carbocycles. The third kappa shape index (κ3) is 5.08. The lowest BCUT2D eigenvalue weighted by atomic mass is 10.0. The predicted molar refractivity (Wildman–Crippen MR) is 104 cm³/mol. The second kappa shape index (κ2) is 8.41. The first-order valence-electron chi connectivity index (χ1n) is 8.57. The van der Waals surface area contributed by atoms with E-state index in [1.54, 1.807) is 42.5 Å². The quantitative estimate of drug-likeness (QED) is 0.494. The molecule has 0 heterocycles. The number of hydrogen-bond donors (Lipinski definition) is 0. The van der Waals surface area contributed by atoms with Crippen molar-refractivity contribution in [3.8, 4) is 5.75 Å². The highest BCUT2D eigenvalue weighted by atomic mass is 35.5. The number of allylic oxidation sites excluding steroid dienone is 1. The molecule has 27 heavy (non-hydrogen) atoms. The standard InChI is InChI=1S/C21H18Cl2F2O2/c22-17-6-3-14(4-7-17)19-12-21(24,25)11-16(19)13-27-18-8-5-15(2-1-9-26)20(23)10-18/h3-10H,1-2,11-13H2. The number of carbonyl (C=O) groups is 1. The average molecular weight is 411 g/mol. The van der Waals surface area contributed by atoms with E-state index >= 15 is 0 Å². The summed E-state index contributed by atoms with van der Waals surface area (Å²) in [5.41, 5.74) is 2.76. The zero-order valence-corrected chi connectivity index (χ0v) is 16.0. The number of aryl methyl sites for hydroxylation is 1. The number of carbonyl (C=O) groups excluding carboxylic acids is 1.